The van der Waals surface area contributed by atoms with Crippen molar-refractivity contribution in [1.82, 2.24) is 5.32 Å². The second-order valence-corrected chi connectivity index (χ2v) is 5.50. The molecule has 1 aliphatic carbocycles. The highest BCUT2D eigenvalue weighted by atomic mass is 16.5. The van der Waals surface area contributed by atoms with E-state index in [-0.39, 0.29) is 5.56 Å². The predicted molar refractivity (Wildman–Crippen MR) is 78.3 cm³/mol. The lowest BCUT2D eigenvalue weighted by atomic mass is 9.86. The van der Waals surface area contributed by atoms with E-state index in [2.05, 4.69) is 12.2 Å². The Morgan fingerprint density at radius 3 is 2.95 bits per heavy atom. The second kappa shape index (κ2) is 7.29. The summed E-state index contributed by atoms with van der Waals surface area (Å²) in [4.78, 5) is 10.9. The van der Waals surface area contributed by atoms with Crippen LogP contribution in [-0.2, 0) is 0 Å². The number of carbonyl (C=O) groups is 1. The summed E-state index contributed by atoms with van der Waals surface area (Å²) in [7, 11) is 0. The van der Waals surface area contributed by atoms with Crippen molar-refractivity contribution in [2.24, 2.45) is 5.92 Å². The molecule has 1 aliphatic rings. The van der Waals surface area contributed by atoms with Crippen molar-refractivity contribution in [2.75, 3.05) is 13.2 Å². The van der Waals surface area contributed by atoms with Crippen LogP contribution >= 0.6 is 0 Å². The molecule has 0 saturated heterocycles. The lowest BCUT2D eigenvalue weighted by Crippen LogP contribution is -2.39. The average molecular weight is 277 g/mol. The molecule has 4 nitrogen and oxygen atoms in total. The van der Waals surface area contributed by atoms with Crippen LogP contribution < -0.4 is 10.1 Å². The van der Waals surface area contributed by atoms with Crippen molar-refractivity contribution in [1.29, 1.82) is 0 Å². The van der Waals surface area contributed by atoms with Crippen LogP contribution in [-0.4, -0.2) is 30.3 Å². The summed E-state index contributed by atoms with van der Waals surface area (Å²) in [6, 6.07) is 7.21. The van der Waals surface area contributed by atoms with Crippen LogP contribution in [0.3, 0.4) is 0 Å². The summed E-state index contributed by atoms with van der Waals surface area (Å²) in [6.07, 6.45) is 5.20. The number of hydrogen-bond acceptors (Lipinski definition) is 3. The molecule has 0 radical (unpaired) electrons. The van der Waals surface area contributed by atoms with Gasteiger partial charge in [0.1, 0.15) is 12.4 Å². The van der Waals surface area contributed by atoms with Gasteiger partial charge in [0.05, 0.1) is 5.56 Å². The van der Waals surface area contributed by atoms with Gasteiger partial charge in [-0.15, -0.1) is 0 Å². The normalized spacial score (nSPS) is 22.4. The Labute approximate surface area is 120 Å². The first-order chi connectivity index (χ1) is 9.66. The fraction of sp³-hybridized carbons (Fsp3) is 0.562. The lowest BCUT2D eigenvalue weighted by Gasteiger charge is -2.29. The van der Waals surface area contributed by atoms with Gasteiger partial charge in [-0.2, -0.15) is 0 Å². The van der Waals surface area contributed by atoms with E-state index < -0.39 is 5.97 Å². The third-order valence-electron chi connectivity index (χ3n) is 3.97. The maximum Gasteiger partial charge on any atom is 0.335 e. The molecule has 2 unspecified atom stereocenters. The highest BCUT2D eigenvalue weighted by Crippen LogP contribution is 2.23. The Balaban J connectivity index is 1.73. The predicted octanol–water partition coefficient (Wildman–Crippen LogP) is 2.93. The Bertz CT molecular complexity index is 447. The number of rotatable bonds is 6. The zero-order valence-corrected chi connectivity index (χ0v) is 12.0. The van der Waals surface area contributed by atoms with Crippen molar-refractivity contribution >= 4 is 5.97 Å². The van der Waals surface area contributed by atoms with Crippen LogP contribution in [0.5, 0.6) is 5.75 Å². The first-order valence-electron chi connectivity index (χ1n) is 7.36. The largest absolute Gasteiger partial charge is 0.492 e. The number of aromatic carboxylic acids is 1. The van der Waals surface area contributed by atoms with Crippen LogP contribution in [0.25, 0.3) is 0 Å². The van der Waals surface area contributed by atoms with Crippen LogP contribution in [0.4, 0.5) is 0 Å². The minimum atomic E-state index is -0.926. The maximum atomic E-state index is 10.9. The van der Waals surface area contributed by atoms with E-state index >= 15 is 0 Å². The molecule has 1 fully saturated rings. The molecule has 1 aromatic rings. The number of carboxylic acids is 1. The Kier molecular flexibility index (Phi) is 5.41. The molecule has 1 aromatic carbocycles. The molecule has 1 saturated carbocycles. The smallest absolute Gasteiger partial charge is 0.335 e. The van der Waals surface area contributed by atoms with Crippen LogP contribution in [0, 0.1) is 5.92 Å². The molecule has 2 rings (SSSR count). The molecule has 0 bridgehead atoms. The number of carboxylic acid groups (broad SMARTS) is 1. The van der Waals surface area contributed by atoms with E-state index in [1.807, 2.05) is 0 Å². The molecule has 0 heterocycles. The summed E-state index contributed by atoms with van der Waals surface area (Å²) in [5.74, 6) is 0.423. The third-order valence-corrected chi connectivity index (χ3v) is 3.97. The number of benzene rings is 1. The molecule has 0 spiro atoms. The van der Waals surface area contributed by atoms with E-state index in [1.165, 1.54) is 25.7 Å². The molecule has 2 atom stereocenters. The Morgan fingerprint density at radius 2 is 2.20 bits per heavy atom. The molecular formula is C16H23NO3. The summed E-state index contributed by atoms with van der Waals surface area (Å²) in [5.41, 5.74) is 0.261. The average Bonchev–Trinajstić information content (AvgIpc) is 2.45. The minimum Gasteiger partial charge on any atom is -0.492 e. The van der Waals surface area contributed by atoms with E-state index in [0.29, 0.717) is 18.4 Å². The second-order valence-electron chi connectivity index (χ2n) is 5.50. The SMILES string of the molecule is CC1CCCCC1NCCOc1cccc(C(=O)O)c1. The molecule has 0 amide bonds. The van der Waals surface area contributed by atoms with Crippen LogP contribution in [0.1, 0.15) is 43.0 Å². The van der Waals surface area contributed by atoms with Crippen LogP contribution in [0.2, 0.25) is 0 Å². The van der Waals surface area contributed by atoms with Gasteiger partial charge in [0.15, 0.2) is 0 Å². The standard InChI is InChI=1S/C16H23NO3/c1-12-5-2-3-8-15(12)17-9-10-20-14-7-4-6-13(11-14)16(18)19/h4,6-7,11-12,15,17H,2-3,5,8-10H2,1H3,(H,18,19). The van der Waals surface area contributed by atoms with Crippen molar-refractivity contribution in [3.8, 4) is 5.75 Å². The van der Waals surface area contributed by atoms with Gasteiger partial charge in [-0.3, -0.25) is 0 Å². The summed E-state index contributed by atoms with van der Waals surface area (Å²) in [6.45, 7) is 3.66. The fourth-order valence-corrected chi connectivity index (χ4v) is 2.75. The zero-order chi connectivity index (χ0) is 14.4. The van der Waals surface area contributed by atoms with Crippen LogP contribution in [0.15, 0.2) is 24.3 Å². The van der Waals surface area contributed by atoms with E-state index in [0.717, 1.165) is 12.5 Å². The summed E-state index contributed by atoms with van der Waals surface area (Å²) < 4.78 is 5.60. The first kappa shape index (κ1) is 14.9. The van der Waals surface area contributed by atoms with Gasteiger partial charge in [0.2, 0.25) is 0 Å². The highest BCUT2D eigenvalue weighted by molar-refractivity contribution is 5.87. The summed E-state index contributed by atoms with van der Waals surface area (Å²) in [5, 5.41) is 12.4. The van der Waals surface area contributed by atoms with Gasteiger partial charge in [-0.25, -0.2) is 4.79 Å². The quantitative estimate of drug-likeness (QED) is 0.785. The molecule has 2 N–H and O–H groups in total. The lowest BCUT2D eigenvalue weighted by molar-refractivity contribution is 0.0696. The molecule has 0 aliphatic heterocycles. The maximum absolute atomic E-state index is 10.9. The topological polar surface area (TPSA) is 58.6 Å². The van der Waals surface area contributed by atoms with Gasteiger partial charge in [-0.1, -0.05) is 25.8 Å². The number of nitrogens with one attached hydrogen (secondary N) is 1. The van der Waals surface area contributed by atoms with Crippen molar-refractivity contribution < 1.29 is 14.6 Å². The monoisotopic (exact) mass is 277 g/mol. The first-order valence-corrected chi connectivity index (χ1v) is 7.36. The summed E-state index contributed by atoms with van der Waals surface area (Å²) >= 11 is 0. The van der Waals surface area contributed by atoms with Crippen molar-refractivity contribution in [2.45, 2.75) is 38.6 Å². The van der Waals surface area contributed by atoms with Gasteiger partial charge < -0.3 is 15.2 Å². The molecule has 4 heteroatoms. The molecule has 20 heavy (non-hydrogen) atoms. The van der Waals surface area contributed by atoms with E-state index in [4.69, 9.17) is 9.84 Å². The Hall–Kier alpha value is -1.55. The Morgan fingerprint density at radius 1 is 1.40 bits per heavy atom. The van der Waals surface area contributed by atoms with E-state index in [1.54, 1.807) is 24.3 Å². The highest BCUT2D eigenvalue weighted by Gasteiger charge is 2.20. The van der Waals surface area contributed by atoms with Crippen molar-refractivity contribution in [3.63, 3.8) is 0 Å². The number of hydrogen-bond donors (Lipinski definition) is 2. The van der Waals surface area contributed by atoms with Gasteiger partial charge in [0.25, 0.3) is 0 Å². The van der Waals surface area contributed by atoms with Gasteiger partial charge in [0, 0.05) is 12.6 Å². The van der Waals surface area contributed by atoms with Gasteiger partial charge in [-0.05, 0) is 37.0 Å². The molecule has 0 aromatic heterocycles. The van der Waals surface area contributed by atoms with Gasteiger partial charge >= 0.3 is 5.97 Å². The number of ether oxygens (including phenoxy) is 1. The van der Waals surface area contributed by atoms with Crippen molar-refractivity contribution in [3.05, 3.63) is 29.8 Å². The van der Waals surface area contributed by atoms with E-state index in [9.17, 15) is 4.79 Å². The minimum absolute atomic E-state index is 0.261. The molecular weight excluding hydrogens is 254 g/mol. The fourth-order valence-electron chi connectivity index (χ4n) is 2.75. The zero-order valence-electron chi connectivity index (χ0n) is 12.0. The molecule has 110 valence electrons. The third kappa shape index (κ3) is 4.23.